The molecule has 8 nitrogen and oxygen atoms in total. The molecule has 1 heterocycles. The zero-order valence-electron chi connectivity index (χ0n) is 9.96. The summed E-state index contributed by atoms with van der Waals surface area (Å²) in [6, 6.07) is 1.90. The second-order valence-corrected chi connectivity index (χ2v) is 5.36. The van der Waals surface area contributed by atoms with Gasteiger partial charge >= 0.3 is 0 Å². The van der Waals surface area contributed by atoms with Gasteiger partial charge in [0, 0.05) is 26.6 Å². The summed E-state index contributed by atoms with van der Waals surface area (Å²) in [5.74, 6) is -0.0191. The summed E-state index contributed by atoms with van der Waals surface area (Å²) in [6.07, 6.45) is 1.25. The predicted octanol–water partition coefficient (Wildman–Crippen LogP) is -0.457. The lowest BCUT2D eigenvalue weighted by Gasteiger charge is -2.20. The molecule has 0 spiro atoms. The molecule has 1 aromatic rings. The van der Waals surface area contributed by atoms with Gasteiger partial charge in [-0.15, -0.1) is 0 Å². The summed E-state index contributed by atoms with van der Waals surface area (Å²) in [4.78, 5) is -0.0865. The monoisotopic (exact) mass is 273 g/mol. The Bertz CT molecular complexity index is 519. The number of nitriles is 1. The topological polar surface area (TPSA) is 125 Å². The summed E-state index contributed by atoms with van der Waals surface area (Å²) in [6.45, 7) is 0.486. The highest BCUT2D eigenvalue weighted by atomic mass is 32.2. The number of nitrogens with two attached hydrogens (primary N) is 1. The van der Waals surface area contributed by atoms with E-state index in [1.165, 1.54) is 7.11 Å². The van der Waals surface area contributed by atoms with E-state index >= 15 is 0 Å². The maximum atomic E-state index is 12.2. The lowest BCUT2D eigenvalue weighted by atomic mass is 10.4. The van der Waals surface area contributed by atoms with Crippen LogP contribution in [0, 0.1) is 11.3 Å². The van der Waals surface area contributed by atoms with Crippen molar-refractivity contribution in [3.05, 3.63) is 6.20 Å². The molecule has 0 saturated heterocycles. The molecule has 0 aromatic carbocycles. The SMILES string of the molecule is COCCN(CCC#N)S(=O)(=O)c1cn[nH]c1N. The summed E-state index contributed by atoms with van der Waals surface area (Å²) >= 11 is 0. The minimum absolute atomic E-state index is 0.0191. The highest BCUT2D eigenvalue weighted by Crippen LogP contribution is 2.19. The van der Waals surface area contributed by atoms with Crippen molar-refractivity contribution in [2.75, 3.05) is 32.5 Å². The summed E-state index contributed by atoms with van der Waals surface area (Å²) in [5.41, 5.74) is 5.50. The molecule has 0 saturated carbocycles. The van der Waals surface area contributed by atoms with E-state index in [0.29, 0.717) is 0 Å². The normalized spacial score (nSPS) is 11.6. The van der Waals surface area contributed by atoms with Crippen LogP contribution in [0.2, 0.25) is 0 Å². The first kappa shape index (κ1) is 14.4. The third-order valence-corrected chi connectivity index (χ3v) is 4.19. The molecule has 0 bridgehead atoms. The molecule has 100 valence electrons. The van der Waals surface area contributed by atoms with Gasteiger partial charge in [0.1, 0.15) is 10.7 Å². The first-order chi connectivity index (χ1) is 8.54. The average Bonchev–Trinajstić information content (AvgIpc) is 2.76. The van der Waals surface area contributed by atoms with Gasteiger partial charge in [-0.1, -0.05) is 0 Å². The number of hydrogen-bond acceptors (Lipinski definition) is 6. The smallest absolute Gasteiger partial charge is 0.248 e. The molecule has 1 aromatic heterocycles. The zero-order valence-corrected chi connectivity index (χ0v) is 10.8. The second kappa shape index (κ2) is 6.34. The number of ether oxygens (including phenoxy) is 1. The van der Waals surface area contributed by atoms with Crippen LogP contribution in [0.4, 0.5) is 5.82 Å². The van der Waals surface area contributed by atoms with E-state index in [1.807, 2.05) is 6.07 Å². The Hall–Kier alpha value is -1.63. The molecule has 0 aliphatic rings. The van der Waals surface area contributed by atoms with E-state index < -0.39 is 10.0 Å². The number of hydrogen-bond donors (Lipinski definition) is 2. The summed E-state index contributed by atoms with van der Waals surface area (Å²) in [7, 11) is -2.28. The van der Waals surface area contributed by atoms with Gasteiger partial charge in [-0.25, -0.2) is 8.42 Å². The number of rotatable bonds is 7. The van der Waals surface area contributed by atoms with Crippen LogP contribution >= 0.6 is 0 Å². The quantitative estimate of drug-likeness (QED) is 0.692. The molecule has 18 heavy (non-hydrogen) atoms. The highest BCUT2D eigenvalue weighted by Gasteiger charge is 2.27. The van der Waals surface area contributed by atoms with E-state index in [-0.39, 0.29) is 36.8 Å². The molecule has 0 amide bonds. The molecule has 1 rings (SSSR count). The van der Waals surface area contributed by atoms with Gasteiger partial charge in [0.2, 0.25) is 10.0 Å². The molecule has 0 fully saturated rings. The number of aromatic nitrogens is 2. The summed E-state index contributed by atoms with van der Waals surface area (Å²) < 4.78 is 30.5. The Morgan fingerprint density at radius 3 is 2.83 bits per heavy atom. The van der Waals surface area contributed by atoms with Crippen LogP contribution < -0.4 is 5.73 Å². The Morgan fingerprint density at radius 1 is 1.61 bits per heavy atom. The largest absolute Gasteiger partial charge is 0.383 e. The summed E-state index contributed by atoms with van der Waals surface area (Å²) in [5, 5.41) is 14.5. The molecular weight excluding hydrogens is 258 g/mol. The van der Waals surface area contributed by atoms with Crippen molar-refractivity contribution in [3.63, 3.8) is 0 Å². The fourth-order valence-corrected chi connectivity index (χ4v) is 2.78. The lowest BCUT2D eigenvalue weighted by Crippen LogP contribution is -2.34. The molecular formula is C9H15N5O3S. The maximum Gasteiger partial charge on any atom is 0.248 e. The molecule has 3 N–H and O–H groups in total. The number of H-pyrrole nitrogens is 1. The molecule has 0 aliphatic carbocycles. The number of nitrogens with one attached hydrogen (secondary N) is 1. The van der Waals surface area contributed by atoms with Crippen LogP contribution in [0.3, 0.4) is 0 Å². The Morgan fingerprint density at radius 2 is 2.33 bits per heavy atom. The van der Waals surface area contributed by atoms with Crippen molar-refractivity contribution < 1.29 is 13.2 Å². The fraction of sp³-hybridized carbons (Fsp3) is 0.556. The van der Waals surface area contributed by atoms with E-state index in [1.54, 1.807) is 0 Å². The van der Waals surface area contributed by atoms with Crippen LogP contribution in [0.5, 0.6) is 0 Å². The number of aromatic amines is 1. The first-order valence-corrected chi connectivity index (χ1v) is 6.63. The maximum absolute atomic E-state index is 12.2. The lowest BCUT2D eigenvalue weighted by molar-refractivity contribution is 0.179. The molecule has 0 atom stereocenters. The van der Waals surface area contributed by atoms with Crippen molar-refractivity contribution >= 4 is 15.8 Å². The number of nitrogens with zero attached hydrogens (tertiary/aromatic N) is 3. The van der Waals surface area contributed by atoms with Gasteiger partial charge in [0.25, 0.3) is 0 Å². The van der Waals surface area contributed by atoms with Crippen LogP contribution in [-0.4, -0.2) is 49.7 Å². The number of sulfonamides is 1. The average molecular weight is 273 g/mol. The first-order valence-electron chi connectivity index (χ1n) is 5.19. The minimum atomic E-state index is -3.75. The van der Waals surface area contributed by atoms with Crippen molar-refractivity contribution in [1.82, 2.24) is 14.5 Å². The Kier molecular flexibility index (Phi) is 5.08. The van der Waals surface area contributed by atoms with Crippen molar-refractivity contribution in [3.8, 4) is 6.07 Å². The standard InChI is InChI=1S/C9H15N5O3S/c1-17-6-5-14(4-2-3-10)18(15,16)8-7-12-13-9(8)11/h7H,2,4-6H2,1H3,(H3,11,12,13). The molecule has 9 heteroatoms. The van der Waals surface area contributed by atoms with Gasteiger partial charge in [0.05, 0.1) is 18.9 Å². The fourth-order valence-electron chi connectivity index (χ4n) is 1.35. The number of nitrogen functional groups attached to an aromatic ring is 1. The van der Waals surface area contributed by atoms with Crippen molar-refractivity contribution in [1.29, 1.82) is 5.26 Å². The Labute approximate surface area is 105 Å². The minimum Gasteiger partial charge on any atom is -0.383 e. The van der Waals surface area contributed by atoms with Crippen LogP contribution in [0.1, 0.15) is 6.42 Å². The van der Waals surface area contributed by atoms with Gasteiger partial charge in [-0.3, -0.25) is 5.10 Å². The predicted molar refractivity (Wildman–Crippen MR) is 63.9 cm³/mol. The zero-order chi connectivity index (χ0) is 13.6. The van der Waals surface area contributed by atoms with Crippen LogP contribution in [-0.2, 0) is 14.8 Å². The van der Waals surface area contributed by atoms with Gasteiger partial charge < -0.3 is 10.5 Å². The van der Waals surface area contributed by atoms with E-state index in [4.69, 9.17) is 15.7 Å². The van der Waals surface area contributed by atoms with Crippen LogP contribution in [0.25, 0.3) is 0 Å². The van der Waals surface area contributed by atoms with E-state index in [2.05, 4.69) is 10.2 Å². The van der Waals surface area contributed by atoms with E-state index in [0.717, 1.165) is 10.5 Å². The third-order valence-electron chi connectivity index (χ3n) is 2.27. The molecule has 0 aliphatic heterocycles. The third kappa shape index (κ3) is 3.19. The van der Waals surface area contributed by atoms with Crippen LogP contribution in [0.15, 0.2) is 11.1 Å². The van der Waals surface area contributed by atoms with E-state index in [9.17, 15) is 8.42 Å². The van der Waals surface area contributed by atoms with Gasteiger partial charge in [0.15, 0.2) is 0 Å². The molecule has 0 radical (unpaired) electrons. The number of anilines is 1. The number of methoxy groups -OCH3 is 1. The second-order valence-electron chi connectivity index (χ2n) is 3.45. The molecule has 0 unspecified atom stereocenters. The van der Waals surface area contributed by atoms with Gasteiger partial charge in [-0.05, 0) is 0 Å². The van der Waals surface area contributed by atoms with Crippen molar-refractivity contribution in [2.24, 2.45) is 0 Å². The highest BCUT2D eigenvalue weighted by molar-refractivity contribution is 7.89. The van der Waals surface area contributed by atoms with Gasteiger partial charge in [-0.2, -0.15) is 14.7 Å². The van der Waals surface area contributed by atoms with Crippen molar-refractivity contribution in [2.45, 2.75) is 11.3 Å². The Balaban J connectivity index is 2.96.